The molecule has 4 rings (SSSR count). The highest BCUT2D eigenvalue weighted by molar-refractivity contribution is 6.35. The molecule has 3 amide bonds. The summed E-state index contributed by atoms with van der Waals surface area (Å²) in [6.45, 7) is 4.62. The maximum absolute atomic E-state index is 12.9. The van der Waals surface area contributed by atoms with Crippen LogP contribution in [0, 0.1) is 6.92 Å². The zero-order valence-electron chi connectivity index (χ0n) is 19.6. The monoisotopic (exact) mass is 483 g/mol. The van der Waals surface area contributed by atoms with E-state index >= 15 is 0 Å². The van der Waals surface area contributed by atoms with Crippen LogP contribution in [0.1, 0.15) is 29.5 Å². The number of hydrogen-bond donors (Lipinski definition) is 0. The van der Waals surface area contributed by atoms with Crippen molar-refractivity contribution in [3.8, 4) is 5.75 Å². The minimum absolute atomic E-state index is 0.0100. The fourth-order valence-corrected chi connectivity index (χ4v) is 4.84. The number of nitrogens with zero attached hydrogens (tertiary/aromatic N) is 3. The Bertz CT molecular complexity index is 1060. The van der Waals surface area contributed by atoms with E-state index in [2.05, 4.69) is 0 Å². The highest BCUT2D eigenvalue weighted by Crippen LogP contribution is 2.25. The van der Waals surface area contributed by atoms with Crippen molar-refractivity contribution in [1.82, 2.24) is 14.7 Å². The Hall–Kier alpha value is -3.06. The van der Waals surface area contributed by atoms with Crippen LogP contribution in [-0.4, -0.2) is 71.8 Å². The Morgan fingerprint density at radius 2 is 1.71 bits per heavy atom. The molecule has 180 valence electrons. The van der Waals surface area contributed by atoms with Crippen LogP contribution in [-0.2, 0) is 27.3 Å². The van der Waals surface area contributed by atoms with Gasteiger partial charge in [-0.2, -0.15) is 0 Å². The van der Waals surface area contributed by atoms with Gasteiger partial charge in [-0.1, -0.05) is 47.5 Å². The summed E-state index contributed by atoms with van der Waals surface area (Å²) in [5.41, 5.74) is 2.94. The molecule has 2 aliphatic heterocycles. The van der Waals surface area contributed by atoms with Crippen molar-refractivity contribution >= 4 is 29.3 Å². The van der Waals surface area contributed by atoms with Crippen LogP contribution < -0.4 is 4.74 Å². The zero-order chi connectivity index (χ0) is 24.2. The number of piperidine rings is 1. The van der Waals surface area contributed by atoms with Crippen LogP contribution in [0.4, 0.5) is 0 Å². The topological polar surface area (TPSA) is 70.2 Å². The molecule has 2 aromatic rings. The summed E-state index contributed by atoms with van der Waals surface area (Å²) in [6, 6.07) is 13.3. The molecule has 0 atom stereocenters. The molecule has 2 aromatic carbocycles. The zero-order valence-corrected chi connectivity index (χ0v) is 20.4. The fraction of sp³-hybridized carbons (Fsp3) is 0.423. The van der Waals surface area contributed by atoms with E-state index in [1.807, 2.05) is 42.2 Å². The molecule has 0 saturated carbocycles. The number of methoxy groups -OCH3 is 1. The van der Waals surface area contributed by atoms with Gasteiger partial charge in [0.2, 0.25) is 5.91 Å². The summed E-state index contributed by atoms with van der Waals surface area (Å²) in [6.07, 6.45) is 1.56. The molecule has 2 aliphatic rings. The molecule has 0 unspecified atom stereocenters. The number of likely N-dealkylation sites (tertiary alicyclic amines) is 1. The number of piperazine rings is 1. The lowest BCUT2D eigenvalue weighted by atomic mass is 10.0. The lowest BCUT2D eigenvalue weighted by Gasteiger charge is -2.42. The molecular formula is C26H30ClN3O4. The molecule has 0 bridgehead atoms. The van der Waals surface area contributed by atoms with Gasteiger partial charge in [-0.15, -0.1) is 0 Å². The lowest BCUT2D eigenvalue weighted by Crippen LogP contribution is -2.59. The van der Waals surface area contributed by atoms with E-state index in [1.165, 1.54) is 0 Å². The van der Waals surface area contributed by atoms with Gasteiger partial charge in [-0.25, -0.2) is 0 Å². The molecule has 2 heterocycles. The van der Waals surface area contributed by atoms with E-state index in [-0.39, 0.29) is 18.4 Å². The second-order valence-corrected chi connectivity index (χ2v) is 9.36. The van der Waals surface area contributed by atoms with Gasteiger partial charge in [0.1, 0.15) is 5.75 Å². The summed E-state index contributed by atoms with van der Waals surface area (Å²) < 4.78 is 5.16. The second kappa shape index (κ2) is 10.5. The first-order chi connectivity index (χ1) is 16.4. The van der Waals surface area contributed by atoms with E-state index in [0.29, 0.717) is 56.3 Å². The number of benzene rings is 2. The number of rotatable bonds is 6. The molecule has 8 heteroatoms. The van der Waals surface area contributed by atoms with Crippen LogP contribution in [0.25, 0.3) is 0 Å². The first kappa shape index (κ1) is 24.1. The number of aryl methyl sites for hydroxylation is 1. The Balaban J connectivity index is 1.29. The summed E-state index contributed by atoms with van der Waals surface area (Å²) in [7, 11) is 1.57. The predicted octanol–water partition coefficient (Wildman–Crippen LogP) is 3.06. The van der Waals surface area contributed by atoms with Crippen molar-refractivity contribution in [2.75, 3.05) is 33.3 Å². The average Bonchev–Trinajstić information content (AvgIpc) is 2.85. The van der Waals surface area contributed by atoms with E-state index in [9.17, 15) is 14.4 Å². The van der Waals surface area contributed by atoms with Crippen molar-refractivity contribution < 1.29 is 19.1 Å². The number of hydrogen-bond acceptors (Lipinski definition) is 4. The molecule has 0 N–H and O–H groups in total. The van der Waals surface area contributed by atoms with Crippen LogP contribution >= 0.6 is 11.6 Å². The molecule has 0 aromatic heterocycles. The van der Waals surface area contributed by atoms with Crippen LogP contribution in [0.2, 0.25) is 5.02 Å². The largest absolute Gasteiger partial charge is 0.497 e. The third-order valence-electron chi connectivity index (χ3n) is 6.70. The quantitative estimate of drug-likeness (QED) is 0.592. The number of carbonyl (C=O) groups excluding carboxylic acids is 3. The van der Waals surface area contributed by atoms with Crippen molar-refractivity contribution in [2.24, 2.45) is 0 Å². The molecule has 7 nitrogen and oxygen atoms in total. The fourth-order valence-electron chi connectivity index (χ4n) is 4.60. The van der Waals surface area contributed by atoms with E-state index in [0.717, 1.165) is 16.7 Å². The highest BCUT2D eigenvalue weighted by Gasteiger charge is 2.38. The lowest BCUT2D eigenvalue weighted by molar-refractivity contribution is -0.159. The Morgan fingerprint density at radius 1 is 1.00 bits per heavy atom. The third-order valence-corrected chi connectivity index (χ3v) is 7.05. The van der Waals surface area contributed by atoms with Gasteiger partial charge in [-0.05, 0) is 43.0 Å². The minimum atomic E-state index is -0.445. The summed E-state index contributed by atoms with van der Waals surface area (Å²) in [5, 5.41) is 0.509. The summed E-state index contributed by atoms with van der Waals surface area (Å²) in [5.74, 6) is -0.219. The summed E-state index contributed by atoms with van der Waals surface area (Å²) >= 11 is 6.28. The number of halogens is 1. The van der Waals surface area contributed by atoms with E-state index in [1.54, 1.807) is 29.0 Å². The first-order valence-electron chi connectivity index (χ1n) is 11.6. The average molecular weight is 484 g/mol. The molecular weight excluding hydrogens is 454 g/mol. The molecule has 0 spiro atoms. The number of carbonyl (C=O) groups is 3. The Kier molecular flexibility index (Phi) is 7.41. The second-order valence-electron chi connectivity index (χ2n) is 8.96. The first-order valence-corrected chi connectivity index (χ1v) is 12.0. The van der Waals surface area contributed by atoms with Crippen LogP contribution in [0.15, 0.2) is 42.5 Å². The van der Waals surface area contributed by atoms with Gasteiger partial charge >= 0.3 is 11.8 Å². The van der Waals surface area contributed by atoms with Gasteiger partial charge in [-0.3, -0.25) is 14.4 Å². The van der Waals surface area contributed by atoms with Crippen molar-refractivity contribution in [1.29, 1.82) is 0 Å². The molecule has 2 fully saturated rings. The number of ether oxygens (including phenoxy) is 1. The van der Waals surface area contributed by atoms with Gasteiger partial charge in [0.15, 0.2) is 0 Å². The smallest absolute Gasteiger partial charge is 0.312 e. The maximum atomic E-state index is 12.9. The van der Waals surface area contributed by atoms with Gasteiger partial charge in [0, 0.05) is 43.8 Å². The van der Waals surface area contributed by atoms with E-state index in [4.69, 9.17) is 16.3 Å². The number of amides is 3. The maximum Gasteiger partial charge on any atom is 0.312 e. The normalized spacial score (nSPS) is 17.3. The predicted molar refractivity (Wildman–Crippen MR) is 130 cm³/mol. The van der Waals surface area contributed by atoms with Crippen molar-refractivity contribution in [3.63, 3.8) is 0 Å². The molecule has 2 saturated heterocycles. The van der Waals surface area contributed by atoms with Crippen LogP contribution in [0.3, 0.4) is 0 Å². The van der Waals surface area contributed by atoms with Crippen LogP contribution in [0.5, 0.6) is 5.75 Å². The molecule has 0 radical (unpaired) electrons. The summed E-state index contributed by atoms with van der Waals surface area (Å²) in [4.78, 5) is 43.6. The van der Waals surface area contributed by atoms with Gasteiger partial charge < -0.3 is 19.4 Å². The highest BCUT2D eigenvalue weighted by atomic mass is 35.5. The third kappa shape index (κ3) is 5.36. The Morgan fingerprint density at radius 3 is 2.35 bits per heavy atom. The molecule has 0 aliphatic carbocycles. The SMILES string of the molecule is COc1ccc(CC(=O)N2CCC(N3CCN(Cc4ccc(C)cc4)C(=O)C3=O)CC2)c(Cl)c1. The van der Waals surface area contributed by atoms with Gasteiger partial charge in [0.25, 0.3) is 0 Å². The van der Waals surface area contributed by atoms with Gasteiger partial charge in [0.05, 0.1) is 13.5 Å². The minimum Gasteiger partial charge on any atom is -0.497 e. The molecule has 34 heavy (non-hydrogen) atoms. The van der Waals surface area contributed by atoms with Crippen molar-refractivity contribution in [3.05, 3.63) is 64.2 Å². The standard InChI is InChI=1S/C26H30ClN3O4/c1-18-3-5-19(6-4-18)17-29-13-14-30(26(33)25(29)32)21-9-11-28(12-10-21)24(31)15-20-7-8-22(34-2)16-23(20)27/h3-8,16,21H,9-15,17H2,1-2H3. The Labute approximate surface area is 205 Å². The van der Waals surface area contributed by atoms with Crippen molar-refractivity contribution in [2.45, 2.75) is 38.8 Å². The van der Waals surface area contributed by atoms with E-state index < -0.39 is 11.8 Å².